The smallest absolute Gasteiger partial charge is 0.222 e. The Balaban J connectivity index is 3.50. The lowest BCUT2D eigenvalue weighted by molar-refractivity contribution is -0.124. The zero-order valence-corrected chi connectivity index (χ0v) is 7.59. The van der Waals surface area contributed by atoms with E-state index in [4.69, 9.17) is 5.73 Å². The van der Waals surface area contributed by atoms with Gasteiger partial charge in [-0.25, -0.2) is 0 Å². The van der Waals surface area contributed by atoms with Crippen molar-refractivity contribution in [2.75, 3.05) is 6.54 Å². The summed E-state index contributed by atoms with van der Waals surface area (Å²) >= 11 is 0. The van der Waals surface area contributed by atoms with Crippen LogP contribution in [0.15, 0.2) is 0 Å². The SMILES string of the molecule is CC[C@@H](C)C(=O)NCCC(N)=O. The van der Waals surface area contributed by atoms with E-state index in [9.17, 15) is 9.59 Å². The average molecular weight is 172 g/mol. The summed E-state index contributed by atoms with van der Waals surface area (Å²) < 4.78 is 0. The molecule has 0 saturated carbocycles. The zero-order chi connectivity index (χ0) is 9.56. The van der Waals surface area contributed by atoms with E-state index in [-0.39, 0.29) is 24.2 Å². The first-order chi connectivity index (χ1) is 5.57. The molecule has 0 aromatic rings. The van der Waals surface area contributed by atoms with Crippen LogP contribution in [0.5, 0.6) is 0 Å². The van der Waals surface area contributed by atoms with Crippen molar-refractivity contribution in [3.05, 3.63) is 0 Å². The molecule has 0 radical (unpaired) electrons. The van der Waals surface area contributed by atoms with Gasteiger partial charge in [0, 0.05) is 18.9 Å². The molecule has 0 aromatic carbocycles. The van der Waals surface area contributed by atoms with Crippen LogP contribution in [-0.2, 0) is 9.59 Å². The maximum atomic E-state index is 11.1. The monoisotopic (exact) mass is 172 g/mol. The van der Waals surface area contributed by atoms with Crippen LogP contribution < -0.4 is 11.1 Å². The van der Waals surface area contributed by atoms with Crippen LogP contribution in [0.25, 0.3) is 0 Å². The van der Waals surface area contributed by atoms with Gasteiger partial charge in [-0.3, -0.25) is 9.59 Å². The lowest BCUT2D eigenvalue weighted by Gasteiger charge is -2.08. The normalized spacial score (nSPS) is 12.2. The highest BCUT2D eigenvalue weighted by molar-refractivity contribution is 5.79. The second-order valence-electron chi connectivity index (χ2n) is 2.82. The third kappa shape index (κ3) is 4.71. The first kappa shape index (κ1) is 10.9. The van der Waals surface area contributed by atoms with E-state index in [1.807, 2.05) is 13.8 Å². The molecule has 0 saturated heterocycles. The summed E-state index contributed by atoms with van der Waals surface area (Å²) in [5.74, 6) is -0.393. The van der Waals surface area contributed by atoms with Gasteiger partial charge in [0.2, 0.25) is 11.8 Å². The summed E-state index contributed by atoms with van der Waals surface area (Å²) in [4.78, 5) is 21.4. The molecule has 0 aliphatic heterocycles. The second kappa shape index (κ2) is 5.57. The highest BCUT2D eigenvalue weighted by Gasteiger charge is 2.08. The molecule has 0 rings (SSSR count). The van der Waals surface area contributed by atoms with Gasteiger partial charge in [0.15, 0.2) is 0 Å². The number of nitrogens with one attached hydrogen (secondary N) is 1. The molecule has 0 spiro atoms. The van der Waals surface area contributed by atoms with Crippen LogP contribution >= 0.6 is 0 Å². The minimum Gasteiger partial charge on any atom is -0.370 e. The molecule has 0 aliphatic carbocycles. The van der Waals surface area contributed by atoms with E-state index in [1.54, 1.807) is 0 Å². The summed E-state index contributed by atoms with van der Waals surface area (Å²) in [6.45, 7) is 4.14. The molecular formula is C8H16N2O2. The number of primary amides is 1. The molecule has 0 aromatic heterocycles. The molecule has 12 heavy (non-hydrogen) atoms. The van der Waals surface area contributed by atoms with Crippen molar-refractivity contribution in [1.29, 1.82) is 0 Å². The van der Waals surface area contributed by atoms with Crippen LogP contribution in [0.4, 0.5) is 0 Å². The lowest BCUT2D eigenvalue weighted by atomic mass is 10.1. The maximum absolute atomic E-state index is 11.1. The summed E-state index contributed by atoms with van der Waals surface area (Å²) in [6.07, 6.45) is 1.02. The van der Waals surface area contributed by atoms with Gasteiger partial charge in [-0.1, -0.05) is 13.8 Å². The number of hydrogen-bond donors (Lipinski definition) is 2. The largest absolute Gasteiger partial charge is 0.370 e. The van der Waals surface area contributed by atoms with Crippen molar-refractivity contribution in [3.8, 4) is 0 Å². The van der Waals surface area contributed by atoms with Gasteiger partial charge in [-0.15, -0.1) is 0 Å². The van der Waals surface area contributed by atoms with Gasteiger partial charge >= 0.3 is 0 Å². The molecule has 70 valence electrons. The van der Waals surface area contributed by atoms with Crippen LogP contribution in [0.1, 0.15) is 26.7 Å². The zero-order valence-electron chi connectivity index (χ0n) is 7.59. The average Bonchev–Trinajstić information content (AvgIpc) is 2.02. The predicted molar refractivity (Wildman–Crippen MR) is 46.3 cm³/mol. The first-order valence-corrected chi connectivity index (χ1v) is 4.14. The molecule has 0 unspecified atom stereocenters. The van der Waals surface area contributed by atoms with Crippen LogP contribution in [0.2, 0.25) is 0 Å². The topological polar surface area (TPSA) is 72.2 Å². The molecule has 0 fully saturated rings. The van der Waals surface area contributed by atoms with Crippen molar-refractivity contribution in [2.24, 2.45) is 11.7 Å². The summed E-state index contributed by atoms with van der Waals surface area (Å²) in [5.41, 5.74) is 4.90. The van der Waals surface area contributed by atoms with E-state index >= 15 is 0 Å². The fourth-order valence-corrected chi connectivity index (χ4v) is 0.669. The number of nitrogens with two attached hydrogens (primary N) is 1. The summed E-state index contributed by atoms with van der Waals surface area (Å²) in [5, 5.41) is 2.62. The van der Waals surface area contributed by atoms with Crippen molar-refractivity contribution in [3.63, 3.8) is 0 Å². The van der Waals surface area contributed by atoms with Gasteiger partial charge in [0.05, 0.1) is 0 Å². The first-order valence-electron chi connectivity index (χ1n) is 4.14. The van der Waals surface area contributed by atoms with Crippen molar-refractivity contribution in [2.45, 2.75) is 26.7 Å². The Kier molecular flexibility index (Phi) is 5.08. The fourth-order valence-electron chi connectivity index (χ4n) is 0.669. The lowest BCUT2D eigenvalue weighted by Crippen LogP contribution is -2.31. The molecular weight excluding hydrogens is 156 g/mol. The standard InChI is InChI=1S/C8H16N2O2/c1-3-6(2)8(12)10-5-4-7(9)11/h6H,3-5H2,1-2H3,(H2,9,11)(H,10,12)/t6-/m1/s1. The Hall–Kier alpha value is -1.06. The number of carbonyl (C=O) groups is 2. The predicted octanol–water partition coefficient (Wildman–Crippen LogP) is 0.0241. The van der Waals surface area contributed by atoms with Crippen LogP contribution in [0, 0.1) is 5.92 Å². The van der Waals surface area contributed by atoms with Crippen LogP contribution in [0.3, 0.4) is 0 Å². The molecule has 4 nitrogen and oxygen atoms in total. The van der Waals surface area contributed by atoms with E-state index in [0.717, 1.165) is 6.42 Å². The fraction of sp³-hybridized carbons (Fsp3) is 0.750. The van der Waals surface area contributed by atoms with Crippen molar-refractivity contribution < 1.29 is 9.59 Å². The molecule has 4 heteroatoms. The quantitative estimate of drug-likeness (QED) is 0.613. The molecule has 2 amide bonds. The number of rotatable bonds is 5. The van der Waals surface area contributed by atoms with Gasteiger partial charge < -0.3 is 11.1 Å². The highest BCUT2D eigenvalue weighted by Crippen LogP contribution is 1.98. The van der Waals surface area contributed by atoms with E-state index < -0.39 is 0 Å². The third-order valence-electron chi connectivity index (χ3n) is 1.73. The van der Waals surface area contributed by atoms with Crippen molar-refractivity contribution >= 4 is 11.8 Å². The van der Waals surface area contributed by atoms with Gasteiger partial charge in [0.1, 0.15) is 0 Å². The number of amides is 2. The molecule has 0 heterocycles. The minimum absolute atomic E-state index is 0.0119. The van der Waals surface area contributed by atoms with Gasteiger partial charge in [0.25, 0.3) is 0 Å². The molecule has 1 atom stereocenters. The van der Waals surface area contributed by atoms with Gasteiger partial charge in [-0.2, -0.15) is 0 Å². The summed E-state index contributed by atoms with van der Waals surface area (Å²) in [7, 11) is 0. The van der Waals surface area contributed by atoms with E-state index in [2.05, 4.69) is 5.32 Å². The summed E-state index contributed by atoms with van der Waals surface area (Å²) in [6, 6.07) is 0. The van der Waals surface area contributed by atoms with Gasteiger partial charge in [-0.05, 0) is 6.42 Å². The second-order valence-corrected chi connectivity index (χ2v) is 2.82. The highest BCUT2D eigenvalue weighted by atomic mass is 16.2. The Morgan fingerprint density at radius 2 is 2.08 bits per heavy atom. The number of carbonyl (C=O) groups excluding carboxylic acids is 2. The van der Waals surface area contributed by atoms with E-state index in [1.165, 1.54) is 0 Å². The van der Waals surface area contributed by atoms with E-state index in [0.29, 0.717) is 6.54 Å². The Morgan fingerprint density at radius 3 is 2.50 bits per heavy atom. The van der Waals surface area contributed by atoms with Crippen LogP contribution in [-0.4, -0.2) is 18.4 Å². The number of hydrogen-bond acceptors (Lipinski definition) is 2. The molecule has 0 aliphatic rings. The molecule has 0 bridgehead atoms. The Bertz CT molecular complexity index is 168. The Morgan fingerprint density at radius 1 is 1.50 bits per heavy atom. The Labute approximate surface area is 72.5 Å². The third-order valence-corrected chi connectivity index (χ3v) is 1.73. The molecule has 3 N–H and O–H groups in total. The minimum atomic E-state index is -0.389. The maximum Gasteiger partial charge on any atom is 0.222 e. The van der Waals surface area contributed by atoms with Crippen molar-refractivity contribution in [1.82, 2.24) is 5.32 Å².